The predicted octanol–water partition coefficient (Wildman–Crippen LogP) is 5.63. The number of carbonyl (C=O) groups excluding carboxylic acids is 2. The molecular formula is C56H73N6O21PS2. The number of hydrogen-bond donors (Lipinski definition) is 6. The molecule has 6 fully saturated rings. The molecule has 7 N–H and O–H groups in total. The van der Waals surface area contributed by atoms with Crippen LogP contribution in [0.15, 0.2) is 119 Å². The summed E-state index contributed by atoms with van der Waals surface area (Å²) in [6.45, 7) is 0.118. The first kappa shape index (κ1) is 64.7. The van der Waals surface area contributed by atoms with Crippen molar-refractivity contribution in [1.82, 2.24) is 19.6 Å². The van der Waals surface area contributed by atoms with Gasteiger partial charge >= 0.3 is 20.0 Å². The minimum Gasteiger partial charge on any atom is -0.443 e. The number of aliphatic hydroxyl groups excluding tert-OH is 1. The van der Waals surface area contributed by atoms with Crippen LogP contribution >= 0.6 is 7.82 Å². The molecule has 0 bridgehead atoms. The Morgan fingerprint density at radius 2 is 1.12 bits per heavy atom. The number of nitrogens with two attached hydrogens (primary N) is 1. The number of hydrogen-bond acceptors (Lipinski definition) is 20. The first-order chi connectivity index (χ1) is 41.2. The summed E-state index contributed by atoms with van der Waals surface area (Å²) in [4.78, 5) is 68.0. The minimum absolute atomic E-state index is 0.0204. The van der Waals surface area contributed by atoms with E-state index in [2.05, 4.69) is 10.6 Å². The molecule has 30 heteroatoms. The van der Waals surface area contributed by atoms with Gasteiger partial charge < -0.3 is 59.7 Å². The van der Waals surface area contributed by atoms with Gasteiger partial charge in [-0.05, 0) is 86.8 Å². The van der Waals surface area contributed by atoms with E-state index < -0.39 is 125 Å². The molecule has 27 nitrogen and oxygen atoms in total. The van der Waals surface area contributed by atoms with Crippen molar-refractivity contribution in [3.63, 3.8) is 0 Å². The molecule has 2 saturated carbocycles. The topological polar surface area (TPSA) is 363 Å². The second-order valence-electron chi connectivity index (χ2n) is 21.9. The Morgan fingerprint density at radius 1 is 0.651 bits per heavy atom. The van der Waals surface area contributed by atoms with Gasteiger partial charge in [-0.1, -0.05) is 107 Å². The number of nitro groups is 1. The molecule has 4 aromatic carbocycles. The average molecular weight is 1260 g/mol. The summed E-state index contributed by atoms with van der Waals surface area (Å²) in [5, 5.41) is 28.1. The molecule has 10 atom stereocenters. The molecule has 0 radical (unpaired) electrons. The van der Waals surface area contributed by atoms with E-state index in [0.29, 0.717) is 66.2 Å². The van der Waals surface area contributed by atoms with Crippen LogP contribution in [0.25, 0.3) is 0 Å². The average Bonchev–Trinajstić information content (AvgIpc) is 2.28. The van der Waals surface area contributed by atoms with Crippen LogP contribution in [0.3, 0.4) is 0 Å². The van der Waals surface area contributed by atoms with Gasteiger partial charge in [0.2, 0.25) is 0 Å². The summed E-state index contributed by atoms with van der Waals surface area (Å²) in [6.07, 6.45) is -0.118. The summed E-state index contributed by atoms with van der Waals surface area (Å²) in [6, 6.07) is 26.1. The predicted molar refractivity (Wildman–Crippen MR) is 304 cm³/mol. The van der Waals surface area contributed by atoms with Gasteiger partial charge in [-0.15, -0.1) is 0 Å². The van der Waals surface area contributed by atoms with E-state index in [0.717, 1.165) is 37.3 Å². The van der Waals surface area contributed by atoms with Gasteiger partial charge in [0.05, 0.1) is 96.5 Å². The molecule has 0 aromatic heterocycles. The summed E-state index contributed by atoms with van der Waals surface area (Å²) < 4.78 is 107. The number of nitrogens with one attached hydrogen (secondary N) is 2. The fourth-order valence-corrected chi connectivity index (χ4v) is 14.5. The van der Waals surface area contributed by atoms with E-state index in [-0.39, 0.29) is 53.4 Å². The number of nitro benzene ring substituents is 1. The Morgan fingerprint density at radius 3 is 1.60 bits per heavy atom. The van der Waals surface area contributed by atoms with Crippen LogP contribution < -0.4 is 16.4 Å². The van der Waals surface area contributed by atoms with Crippen molar-refractivity contribution >= 4 is 51.4 Å². The van der Waals surface area contributed by atoms with Gasteiger partial charge in [-0.25, -0.2) is 31.0 Å². The van der Waals surface area contributed by atoms with Crippen LogP contribution in [0.5, 0.6) is 0 Å². The second kappa shape index (κ2) is 29.5. The first-order valence-electron chi connectivity index (χ1n) is 28.6. The fourth-order valence-electron chi connectivity index (χ4n) is 11.3. The van der Waals surface area contributed by atoms with Crippen LogP contribution in [0.2, 0.25) is 0 Å². The highest BCUT2D eigenvalue weighted by atomic mass is 32.2. The third-order valence-electron chi connectivity index (χ3n) is 15.7. The lowest BCUT2D eigenvalue weighted by molar-refractivity contribution is -0.385. The fraction of sp³-hybridized carbons (Fsp3) is 0.536. The Bertz CT molecular complexity index is 3180. The van der Waals surface area contributed by atoms with E-state index in [1.807, 2.05) is 30.3 Å². The smallest absolute Gasteiger partial charge is 0.443 e. The molecule has 2 aliphatic carbocycles. The van der Waals surface area contributed by atoms with Crippen LogP contribution in [0.4, 0.5) is 21.0 Å². The normalized spacial score (nSPS) is 23.9. The molecule has 6 aliphatic rings. The maximum absolute atomic E-state index is 13.9. The number of benzene rings is 4. The van der Waals surface area contributed by atoms with E-state index in [1.54, 1.807) is 30.3 Å². The van der Waals surface area contributed by atoms with Crippen molar-refractivity contribution in [2.45, 2.75) is 148 Å². The molecular weight excluding hydrogens is 1190 g/mol. The van der Waals surface area contributed by atoms with Gasteiger partial charge in [0, 0.05) is 17.8 Å². The standard InChI is InChI=1S/C28H38N3O11PS.C28H35N3O10S/c29-20-9-6-12-22(16-20)44(36,37)31(41-21-10-4-5-11-21)17-25(42-43(33,34)35)24(15-19-7-2-1-3-8-19)30-28(32)40-26-18-39-27-23(26)13-14-38-27;32-25(17-30(41-21-10-4-5-11-21)42(36,37)22-12-6-9-20(16-22)31(34)35)24(15-19-7-2-1-3-8-19)29-28(33)40-26-18-39-27-23(26)13-14-38-27/h1-3,6-9,12,16,21,23-27H,4-5,10-11,13-15,17-18,29H2,(H,30,32)(H2,33,34,35);1-3,6-9,12,16,21,23-27,32H,4-5,10-11,13-15,17-18H2,(H,29,33)/t2*23?,24-,25?,26?,27?/m00/s1. The van der Waals surface area contributed by atoms with E-state index in [4.69, 9.17) is 48.4 Å². The highest BCUT2D eigenvalue weighted by Gasteiger charge is 2.46. The number of anilines is 1. The molecule has 4 aromatic rings. The number of fused-ring (bicyclic) bond motifs is 2. The number of nitrogen functional groups attached to an aromatic ring is 1. The number of amides is 2. The quantitative estimate of drug-likeness (QED) is 0.0203. The number of alkyl carbamates (subject to hydrolysis) is 2. The summed E-state index contributed by atoms with van der Waals surface area (Å²) in [5.41, 5.74) is 7.15. The summed E-state index contributed by atoms with van der Waals surface area (Å²) in [7, 11) is -14.0. The summed E-state index contributed by atoms with van der Waals surface area (Å²) in [5.74, 6) is -0.224. The maximum Gasteiger partial charge on any atom is 0.469 e. The molecule has 4 saturated heterocycles. The Kier molecular flexibility index (Phi) is 22.2. The molecule has 8 unspecified atom stereocenters. The molecule has 86 heavy (non-hydrogen) atoms. The largest absolute Gasteiger partial charge is 0.469 e. The van der Waals surface area contributed by atoms with Crippen LogP contribution in [0.1, 0.15) is 75.3 Å². The Balaban J connectivity index is 0.000000206. The van der Waals surface area contributed by atoms with Crippen molar-refractivity contribution in [3.05, 3.63) is 130 Å². The SMILES string of the molecule is Nc1cccc(S(=O)(=O)N(CC(OP(=O)(O)O)[C@H](Cc2ccccc2)NC(=O)OC2COC3OCCC23)OC2CCCC2)c1.O=C(N[C@@H](Cc1ccccc1)C(O)CN(OC1CCCC1)S(=O)(=O)c1cccc([N+](=O)[O-])c1)OC1COC2OCCC12. The first-order valence-corrected chi connectivity index (χ1v) is 33.0. The summed E-state index contributed by atoms with van der Waals surface area (Å²) >= 11 is 0. The van der Waals surface area contributed by atoms with E-state index in [1.165, 1.54) is 42.5 Å². The zero-order valence-corrected chi connectivity index (χ0v) is 49.4. The Labute approximate surface area is 498 Å². The lowest BCUT2D eigenvalue weighted by Crippen LogP contribution is -2.52. The molecule has 4 heterocycles. The van der Waals surface area contributed by atoms with Gasteiger partial charge in [-0.3, -0.25) is 24.3 Å². The van der Waals surface area contributed by atoms with Crippen LogP contribution in [-0.2, 0) is 80.1 Å². The lowest BCUT2D eigenvalue weighted by atomic mass is 10.0. The molecule has 0 spiro atoms. The zero-order valence-electron chi connectivity index (χ0n) is 46.9. The molecule has 4 aliphatic heterocycles. The number of aliphatic hydroxyl groups is 1. The van der Waals surface area contributed by atoms with Crippen LogP contribution in [0, 0.1) is 22.0 Å². The number of nitrogens with zero attached hydrogens (tertiary/aromatic N) is 3. The third kappa shape index (κ3) is 17.5. The van der Waals surface area contributed by atoms with Crippen molar-refractivity contribution in [2.75, 3.05) is 45.3 Å². The third-order valence-corrected chi connectivity index (χ3v) is 19.5. The number of phosphoric ester groups is 1. The number of non-ortho nitro benzene ring substituents is 1. The van der Waals surface area contributed by atoms with Crippen molar-refractivity contribution < 1.29 is 93.4 Å². The minimum atomic E-state index is -5.22. The van der Waals surface area contributed by atoms with E-state index >= 15 is 0 Å². The molecule has 10 rings (SSSR count). The second-order valence-corrected chi connectivity index (χ2v) is 26.7. The van der Waals surface area contributed by atoms with Crippen molar-refractivity contribution in [2.24, 2.45) is 11.8 Å². The lowest BCUT2D eigenvalue weighted by Gasteiger charge is -2.33. The van der Waals surface area contributed by atoms with Gasteiger partial charge in [0.15, 0.2) is 12.6 Å². The number of rotatable bonds is 25. The highest BCUT2D eigenvalue weighted by molar-refractivity contribution is 7.89. The van der Waals surface area contributed by atoms with Gasteiger partial charge in [0.25, 0.3) is 25.7 Å². The van der Waals surface area contributed by atoms with Gasteiger partial charge in [0.1, 0.15) is 18.3 Å². The van der Waals surface area contributed by atoms with Gasteiger partial charge in [-0.2, -0.15) is 0 Å². The molecule has 2 amide bonds. The van der Waals surface area contributed by atoms with Crippen molar-refractivity contribution in [3.8, 4) is 0 Å². The number of sulfonamides is 2. The number of phosphoric acid groups is 1. The number of carbonyl (C=O) groups is 2. The maximum atomic E-state index is 13.9. The molecule has 470 valence electrons. The number of hydroxylamine groups is 2. The van der Waals surface area contributed by atoms with E-state index in [9.17, 15) is 56.0 Å². The van der Waals surface area contributed by atoms with Crippen molar-refractivity contribution in [1.29, 1.82) is 0 Å². The monoisotopic (exact) mass is 1260 g/mol. The Hall–Kier alpha value is -5.73. The highest BCUT2D eigenvalue weighted by Crippen LogP contribution is 2.40. The number of ether oxygens (including phenoxy) is 6. The van der Waals surface area contributed by atoms with Crippen LogP contribution in [-0.4, -0.2) is 159 Å². The zero-order chi connectivity index (χ0) is 61.0.